The molecule has 2 aromatic carbocycles. The molecular formula is C22H27N3O2. The van der Waals surface area contributed by atoms with E-state index >= 15 is 0 Å². The quantitative estimate of drug-likeness (QED) is 0.763. The Morgan fingerprint density at radius 2 is 1.63 bits per heavy atom. The standard InChI is InChI=1S/C22H27N3O2/c23-15-21(26)18-13-11-17(12-14-18)16-25(20-9-5-2-6-10-20)22(27)24-19-7-3-1-4-8-19/h2,5-6,9-14,19H,1,3-4,7-8,15-16,23H2,(H,24,27). The molecular weight excluding hydrogens is 338 g/mol. The Labute approximate surface area is 160 Å². The number of nitrogens with one attached hydrogen (secondary N) is 1. The number of anilines is 1. The maximum Gasteiger partial charge on any atom is 0.322 e. The fraction of sp³-hybridized carbons (Fsp3) is 0.364. The molecule has 0 spiro atoms. The second kappa shape index (κ2) is 9.33. The molecule has 1 aliphatic carbocycles. The first kappa shape index (κ1) is 19.1. The molecule has 5 heteroatoms. The molecule has 0 bridgehead atoms. The fourth-order valence-electron chi connectivity index (χ4n) is 3.48. The van der Waals surface area contributed by atoms with Gasteiger partial charge in [0.1, 0.15) is 0 Å². The van der Waals surface area contributed by atoms with Crippen molar-refractivity contribution >= 4 is 17.5 Å². The van der Waals surface area contributed by atoms with Crippen molar-refractivity contribution in [3.8, 4) is 0 Å². The third-order valence-corrected chi connectivity index (χ3v) is 5.05. The van der Waals surface area contributed by atoms with Gasteiger partial charge in [-0.2, -0.15) is 0 Å². The second-order valence-electron chi connectivity index (χ2n) is 7.03. The summed E-state index contributed by atoms with van der Waals surface area (Å²) in [5.74, 6) is -0.0866. The first-order chi connectivity index (χ1) is 13.2. The number of amides is 2. The van der Waals surface area contributed by atoms with Gasteiger partial charge >= 0.3 is 6.03 Å². The number of nitrogens with zero attached hydrogens (tertiary/aromatic N) is 1. The first-order valence-electron chi connectivity index (χ1n) is 9.62. The molecule has 0 heterocycles. The summed E-state index contributed by atoms with van der Waals surface area (Å²) in [7, 11) is 0. The predicted molar refractivity (Wildman–Crippen MR) is 108 cm³/mol. The fourth-order valence-corrected chi connectivity index (χ4v) is 3.48. The molecule has 142 valence electrons. The van der Waals surface area contributed by atoms with Crippen LogP contribution in [-0.4, -0.2) is 24.4 Å². The van der Waals surface area contributed by atoms with E-state index in [1.165, 1.54) is 19.3 Å². The lowest BCUT2D eigenvalue weighted by atomic mass is 9.96. The lowest BCUT2D eigenvalue weighted by Gasteiger charge is -2.28. The van der Waals surface area contributed by atoms with Gasteiger partial charge in [0, 0.05) is 17.3 Å². The summed E-state index contributed by atoms with van der Waals surface area (Å²) in [5, 5.41) is 3.19. The highest BCUT2D eigenvalue weighted by Crippen LogP contribution is 2.21. The van der Waals surface area contributed by atoms with Crippen LogP contribution in [0.1, 0.15) is 48.0 Å². The summed E-state index contributed by atoms with van der Waals surface area (Å²) in [5.41, 5.74) is 7.83. The Morgan fingerprint density at radius 3 is 2.26 bits per heavy atom. The van der Waals surface area contributed by atoms with Gasteiger partial charge in [0.15, 0.2) is 5.78 Å². The van der Waals surface area contributed by atoms with E-state index < -0.39 is 0 Å². The van der Waals surface area contributed by atoms with Crippen LogP contribution in [0, 0.1) is 0 Å². The van der Waals surface area contributed by atoms with Crippen molar-refractivity contribution in [2.24, 2.45) is 5.73 Å². The van der Waals surface area contributed by atoms with Crippen LogP contribution in [0.3, 0.4) is 0 Å². The Kier molecular flexibility index (Phi) is 6.60. The highest BCUT2D eigenvalue weighted by Gasteiger charge is 2.21. The average Bonchev–Trinajstić information content (AvgIpc) is 2.73. The molecule has 3 N–H and O–H groups in total. The van der Waals surface area contributed by atoms with Crippen molar-refractivity contribution in [2.45, 2.75) is 44.7 Å². The lowest BCUT2D eigenvalue weighted by Crippen LogP contribution is -2.45. The van der Waals surface area contributed by atoms with Crippen molar-refractivity contribution in [2.75, 3.05) is 11.4 Å². The van der Waals surface area contributed by atoms with Gasteiger partial charge in [0.2, 0.25) is 0 Å². The van der Waals surface area contributed by atoms with E-state index in [1.54, 1.807) is 17.0 Å². The van der Waals surface area contributed by atoms with Gasteiger partial charge in [-0.05, 0) is 30.5 Å². The summed E-state index contributed by atoms with van der Waals surface area (Å²) in [6.07, 6.45) is 5.69. The summed E-state index contributed by atoms with van der Waals surface area (Å²) in [6.45, 7) is 0.443. The molecule has 1 fully saturated rings. The zero-order chi connectivity index (χ0) is 19.1. The highest BCUT2D eigenvalue weighted by atomic mass is 16.2. The first-order valence-corrected chi connectivity index (χ1v) is 9.62. The van der Waals surface area contributed by atoms with Crippen LogP contribution in [0.5, 0.6) is 0 Å². The van der Waals surface area contributed by atoms with Crippen LogP contribution < -0.4 is 16.0 Å². The van der Waals surface area contributed by atoms with E-state index in [9.17, 15) is 9.59 Å². The van der Waals surface area contributed by atoms with Crippen LogP contribution in [0.2, 0.25) is 0 Å². The number of carbonyl (C=O) groups is 2. The van der Waals surface area contributed by atoms with E-state index in [0.717, 1.165) is 24.1 Å². The third kappa shape index (κ3) is 5.17. The minimum atomic E-state index is -0.0866. The smallest absolute Gasteiger partial charge is 0.322 e. The number of Topliss-reactive ketones (excluding diaryl/α,β-unsaturated/α-hetero) is 1. The topological polar surface area (TPSA) is 75.4 Å². The summed E-state index contributed by atoms with van der Waals surface area (Å²) in [4.78, 5) is 26.4. The van der Waals surface area contributed by atoms with Crippen LogP contribution in [-0.2, 0) is 6.54 Å². The van der Waals surface area contributed by atoms with Crippen molar-refractivity contribution < 1.29 is 9.59 Å². The SMILES string of the molecule is NCC(=O)c1ccc(CN(C(=O)NC2CCCCC2)c2ccccc2)cc1. The minimum absolute atomic E-state index is 0.000713. The van der Waals surface area contributed by atoms with Crippen LogP contribution in [0.4, 0.5) is 10.5 Å². The third-order valence-electron chi connectivity index (χ3n) is 5.05. The van der Waals surface area contributed by atoms with E-state index in [2.05, 4.69) is 5.32 Å². The van der Waals surface area contributed by atoms with Gasteiger partial charge in [0.25, 0.3) is 0 Å². The Hall–Kier alpha value is -2.66. The number of rotatable bonds is 6. The Bertz CT molecular complexity index is 753. The molecule has 3 rings (SSSR count). The number of para-hydroxylation sites is 1. The molecule has 0 aliphatic heterocycles. The number of hydrogen-bond donors (Lipinski definition) is 2. The van der Waals surface area contributed by atoms with Gasteiger partial charge in [-0.15, -0.1) is 0 Å². The van der Waals surface area contributed by atoms with E-state index in [0.29, 0.717) is 12.1 Å². The van der Waals surface area contributed by atoms with Gasteiger partial charge in [0.05, 0.1) is 13.1 Å². The molecule has 2 amide bonds. The average molecular weight is 365 g/mol. The molecule has 0 aromatic heterocycles. The molecule has 5 nitrogen and oxygen atoms in total. The minimum Gasteiger partial charge on any atom is -0.335 e. The summed E-state index contributed by atoms with van der Waals surface area (Å²) in [6, 6.07) is 17.2. The maximum absolute atomic E-state index is 13.0. The van der Waals surface area contributed by atoms with Gasteiger partial charge < -0.3 is 11.1 Å². The lowest BCUT2D eigenvalue weighted by molar-refractivity contribution is 0.100. The maximum atomic E-state index is 13.0. The molecule has 0 saturated heterocycles. The summed E-state index contributed by atoms with van der Waals surface area (Å²) >= 11 is 0. The van der Waals surface area contributed by atoms with Gasteiger partial charge in [-0.25, -0.2) is 4.79 Å². The molecule has 27 heavy (non-hydrogen) atoms. The normalized spacial score (nSPS) is 14.6. The van der Waals surface area contributed by atoms with Crippen molar-refractivity contribution in [3.63, 3.8) is 0 Å². The second-order valence-corrected chi connectivity index (χ2v) is 7.03. The number of urea groups is 1. The van der Waals surface area contributed by atoms with Crippen molar-refractivity contribution in [1.29, 1.82) is 0 Å². The molecule has 1 aliphatic rings. The number of benzene rings is 2. The largest absolute Gasteiger partial charge is 0.335 e. The highest BCUT2D eigenvalue weighted by molar-refractivity contribution is 5.97. The van der Waals surface area contributed by atoms with E-state index in [4.69, 9.17) is 5.73 Å². The molecule has 1 saturated carbocycles. The summed E-state index contributed by atoms with van der Waals surface area (Å²) < 4.78 is 0. The number of hydrogen-bond acceptors (Lipinski definition) is 3. The van der Waals surface area contributed by atoms with E-state index in [1.807, 2.05) is 42.5 Å². The zero-order valence-electron chi connectivity index (χ0n) is 15.6. The van der Waals surface area contributed by atoms with Crippen LogP contribution in [0.15, 0.2) is 54.6 Å². The van der Waals surface area contributed by atoms with Crippen molar-refractivity contribution in [3.05, 3.63) is 65.7 Å². The monoisotopic (exact) mass is 365 g/mol. The van der Waals surface area contributed by atoms with Crippen LogP contribution in [0.25, 0.3) is 0 Å². The Morgan fingerprint density at radius 1 is 0.963 bits per heavy atom. The number of nitrogens with two attached hydrogens (primary N) is 1. The molecule has 0 radical (unpaired) electrons. The molecule has 0 unspecified atom stereocenters. The number of carbonyl (C=O) groups excluding carboxylic acids is 2. The molecule has 2 aromatic rings. The Balaban J connectivity index is 1.75. The number of ketones is 1. The zero-order valence-corrected chi connectivity index (χ0v) is 15.6. The van der Waals surface area contributed by atoms with Crippen LogP contribution >= 0.6 is 0 Å². The van der Waals surface area contributed by atoms with E-state index in [-0.39, 0.29) is 24.4 Å². The van der Waals surface area contributed by atoms with Crippen molar-refractivity contribution in [1.82, 2.24) is 5.32 Å². The molecule has 0 atom stereocenters. The van der Waals surface area contributed by atoms with Gasteiger partial charge in [-0.3, -0.25) is 9.69 Å². The van der Waals surface area contributed by atoms with Gasteiger partial charge in [-0.1, -0.05) is 61.7 Å². The predicted octanol–water partition coefficient (Wildman–Crippen LogP) is 3.88.